The third-order valence-electron chi connectivity index (χ3n) is 3.43. The lowest BCUT2D eigenvalue weighted by molar-refractivity contribution is 0.212. The summed E-state index contributed by atoms with van der Waals surface area (Å²) in [5, 5.41) is 7.41. The molecule has 0 atom stereocenters. The van der Waals surface area contributed by atoms with E-state index in [-0.39, 0.29) is 18.0 Å². The number of oxime groups is 1. The summed E-state index contributed by atoms with van der Waals surface area (Å²) >= 11 is 0. The van der Waals surface area contributed by atoms with E-state index in [1.807, 2.05) is 24.3 Å². The Labute approximate surface area is 148 Å². The molecule has 1 aromatic carbocycles. The second-order valence-electron chi connectivity index (χ2n) is 5.31. The molecule has 26 heavy (non-hydrogen) atoms. The van der Waals surface area contributed by atoms with Gasteiger partial charge in [0, 0.05) is 12.5 Å². The highest BCUT2D eigenvalue weighted by atomic mass is 16.6. The van der Waals surface area contributed by atoms with Crippen LogP contribution in [0.3, 0.4) is 0 Å². The van der Waals surface area contributed by atoms with Gasteiger partial charge in [-0.25, -0.2) is 4.98 Å². The van der Waals surface area contributed by atoms with Gasteiger partial charge in [-0.1, -0.05) is 34.6 Å². The van der Waals surface area contributed by atoms with Gasteiger partial charge in [0.25, 0.3) is 5.56 Å². The van der Waals surface area contributed by atoms with Gasteiger partial charge in [-0.2, -0.15) is 4.98 Å². The minimum absolute atomic E-state index is 0.168. The summed E-state index contributed by atoms with van der Waals surface area (Å²) in [5.74, 6) is 1.28. The largest absolute Gasteiger partial charge is 0.471 e. The number of ether oxygens (including phenoxy) is 1. The van der Waals surface area contributed by atoms with Crippen molar-refractivity contribution in [3.8, 4) is 17.3 Å². The molecule has 0 spiro atoms. The fourth-order valence-corrected chi connectivity index (χ4v) is 2.21. The minimum atomic E-state index is -0.212. The lowest BCUT2D eigenvalue weighted by atomic mass is 10.1. The highest BCUT2D eigenvalue weighted by molar-refractivity contribution is 5.58. The molecule has 134 valence electrons. The van der Waals surface area contributed by atoms with Gasteiger partial charge in [0.2, 0.25) is 17.6 Å². The number of rotatable bonds is 7. The zero-order valence-corrected chi connectivity index (χ0v) is 14.3. The molecule has 0 radical (unpaired) electrons. The first-order valence-electron chi connectivity index (χ1n) is 7.79. The van der Waals surface area contributed by atoms with Gasteiger partial charge in [0.05, 0.1) is 18.8 Å². The van der Waals surface area contributed by atoms with Gasteiger partial charge in [0.1, 0.15) is 20.0 Å². The molecule has 0 bridgehead atoms. The maximum absolute atomic E-state index is 12.2. The predicted molar refractivity (Wildman–Crippen MR) is 93.1 cm³/mol. The number of aromatic nitrogens is 4. The molecule has 0 fully saturated rings. The molecular weight excluding hydrogens is 338 g/mol. The Morgan fingerprint density at radius 2 is 2.12 bits per heavy atom. The maximum Gasteiger partial charge on any atom is 0.257 e. The van der Waals surface area contributed by atoms with E-state index in [2.05, 4.69) is 25.1 Å². The molecular formula is C17H17N5O4. The normalized spacial score (nSPS) is 11.0. The molecule has 2 heterocycles. The van der Waals surface area contributed by atoms with Crippen LogP contribution in [0.15, 0.2) is 51.1 Å². The number of nitrogens with zero attached hydrogens (tertiary/aromatic N) is 5. The number of benzene rings is 1. The summed E-state index contributed by atoms with van der Waals surface area (Å²) in [6.07, 6.45) is 2.88. The van der Waals surface area contributed by atoms with E-state index in [0.29, 0.717) is 18.3 Å². The molecule has 3 aromatic rings. The third-order valence-corrected chi connectivity index (χ3v) is 3.43. The summed E-state index contributed by atoms with van der Waals surface area (Å²) in [6.45, 7) is 2.30. The van der Waals surface area contributed by atoms with Crippen molar-refractivity contribution in [2.24, 2.45) is 5.16 Å². The smallest absolute Gasteiger partial charge is 0.257 e. The highest BCUT2D eigenvalue weighted by Crippen LogP contribution is 2.16. The summed E-state index contributed by atoms with van der Waals surface area (Å²) in [7, 11) is 1.44. The Morgan fingerprint density at radius 1 is 1.31 bits per heavy atom. The zero-order chi connectivity index (χ0) is 18.4. The van der Waals surface area contributed by atoms with Crippen LogP contribution in [0.2, 0.25) is 0 Å². The van der Waals surface area contributed by atoms with E-state index >= 15 is 0 Å². The predicted octanol–water partition coefficient (Wildman–Crippen LogP) is 1.66. The summed E-state index contributed by atoms with van der Waals surface area (Å²) < 4.78 is 11.7. The first-order chi connectivity index (χ1) is 12.7. The molecule has 0 N–H and O–H groups in total. The van der Waals surface area contributed by atoms with Crippen LogP contribution >= 0.6 is 0 Å². The van der Waals surface area contributed by atoms with Crippen molar-refractivity contribution >= 4 is 6.21 Å². The number of aryl methyl sites for hydroxylation is 1. The molecule has 0 amide bonds. The zero-order valence-electron chi connectivity index (χ0n) is 14.3. The highest BCUT2D eigenvalue weighted by Gasteiger charge is 2.06. The second-order valence-corrected chi connectivity index (χ2v) is 5.31. The average Bonchev–Trinajstić information content (AvgIpc) is 3.08. The van der Waals surface area contributed by atoms with Crippen molar-refractivity contribution < 1.29 is 14.1 Å². The SMILES string of the molecule is CON=CCOc1cc(=O)n(Cc2ccc(-c3noc(C)n3)cc2)cn1. The topological polar surface area (TPSA) is 105 Å². The Bertz CT molecular complexity index is 946. The van der Waals surface area contributed by atoms with E-state index in [9.17, 15) is 4.79 Å². The standard InChI is InChI=1S/C17H17N5O4/c1-12-20-17(21-26-12)14-5-3-13(4-6-14)10-22-11-18-15(9-16(22)23)25-8-7-19-24-2/h3-7,9,11H,8,10H2,1-2H3. The maximum atomic E-state index is 12.2. The molecule has 0 aliphatic rings. The first-order valence-corrected chi connectivity index (χ1v) is 7.79. The summed E-state index contributed by atoms with van der Waals surface area (Å²) in [6, 6.07) is 8.89. The molecule has 9 nitrogen and oxygen atoms in total. The van der Waals surface area contributed by atoms with Crippen LogP contribution in [0.4, 0.5) is 0 Å². The fraction of sp³-hybridized carbons (Fsp3) is 0.235. The van der Waals surface area contributed by atoms with Crippen LogP contribution in [0.1, 0.15) is 11.5 Å². The third kappa shape index (κ3) is 4.32. The Morgan fingerprint density at radius 3 is 2.77 bits per heavy atom. The van der Waals surface area contributed by atoms with Gasteiger partial charge in [-0.15, -0.1) is 0 Å². The van der Waals surface area contributed by atoms with Crippen LogP contribution in [0.5, 0.6) is 5.88 Å². The molecule has 0 unspecified atom stereocenters. The van der Waals surface area contributed by atoms with Crippen molar-refractivity contribution in [2.45, 2.75) is 13.5 Å². The van der Waals surface area contributed by atoms with Crippen molar-refractivity contribution in [3.63, 3.8) is 0 Å². The number of hydrogen-bond donors (Lipinski definition) is 0. The lowest BCUT2D eigenvalue weighted by Gasteiger charge is -2.07. The quantitative estimate of drug-likeness (QED) is 0.469. The Hall–Kier alpha value is -3.49. The summed E-state index contributed by atoms with van der Waals surface area (Å²) in [4.78, 5) is 25.0. The van der Waals surface area contributed by atoms with E-state index in [0.717, 1.165) is 11.1 Å². The van der Waals surface area contributed by atoms with Gasteiger partial charge in [-0.3, -0.25) is 9.36 Å². The second kappa shape index (κ2) is 8.06. The van der Waals surface area contributed by atoms with Crippen molar-refractivity contribution in [1.29, 1.82) is 0 Å². The monoisotopic (exact) mass is 355 g/mol. The minimum Gasteiger partial charge on any atom is -0.471 e. The Kier molecular flexibility index (Phi) is 5.37. The van der Waals surface area contributed by atoms with Crippen molar-refractivity contribution in [1.82, 2.24) is 19.7 Å². The molecule has 0 aliphatic heterocycles. The van der Waals surface area contributed by atoms with Crippen LogP contribution in [0, 0.1) is 6.92 Å². The first kappa shape index (κ1) is 17.3. The molecule has 2 aromatic heterocycles. The Balaban J connectivity index is 1.67. The number of hydrogen-bond acceptors (Lipinski definition) is 8. The van der Waals surface area contributed by atoms with E-state index < -0.39 is 0 Å². The average molecular weight is 355 g/mol. The molecule has 3 rings (SSSR count). The van der Waals surface area contributed by atoms with Gasteiger partial charge in [0.15, 0.2) is 0 Å². The van der Waals surface area contributed by atoms with Crippen LogP contribution in [-0.4, -0.2) is 39.6 Å². The van der Waals surface area contributed by atoms with Gasteiger partial charge >= 0.3 is 0 Å². The van der Waals surface area contributed by atoms with E-state index in [1.54, 1.807) is 6.92 Å². The van der Waals surface area contributed by atoms with Gasteiger partial charge in [-0.05, 0) is 5.56 Å². The van der Waals surface area contributed by atoms with Gasteiger partial charge < -0.3 is 14.1 Å². The van der Waals surface area contributed by atoms with Crippen molar-refractivity contribution in [3.05, 3.63) is 58.5 Å². The van der Waals surface area contributed by atoms with Crippen LogP contribution in [-0.2, 0) is 11.4 Å². The lowest BCUT2D eigenvalue weighted by Crippen LogP contribution is -2.20. The van der Waals surface area contributed by atoms with Crippen LogP contribution in [0.25, 0.3) is 11.4 Å². The van der Waals surface area contributed by atoms with E-state index in [4.69, 9.17) is 9.26 Å². The fourth-order valence-electron chi connectivity index (χ4n) is 2.21. The van der Waals surface area contributed by atoms with Crippen LogP contribution < -0.4 is 10.3 Å². The molecule has 0 saturated carbocycles. The van der Waals surface area contributed by atoms with E-state index in [1.165, 1.54) is 30.3 Å². The summed E-state index contributed by atoms with van der Waals surface area (Å²) in [5.41, 5.74) is 1.58. The van der Waals surface area contributed by atoms with Crippen molar-refractivity contribution in [2.75, 3.05) is 13.7 Å². The molecule has 0 saturated heterocycles. The molecule has 0 aliphatic carbocycles. The molecule has 9 heteroatoms.